The first-order valence-electron chi connectivity index (χ1n) is 8.50. The predicted octanol–water partition coefficient (Wildman–Crippen LogP) is 0.640. The number of rotatable bonds is 6. The molecule has 0 radical (unpaired) electrons. The normalized spacial score (nSPS) is 21.7. The Hall–Kier alpha value is -2.53. The van der Waals surface area contributed by atoms with Crippen molar-refractivity contribution in [1.29, 1.82) is 0 Å². The Balaban J connectivity index is 1.71. The van der Waals surface area contributed by atoms with E-state index >= 15 is 0 Å². The molecule has 0 bridgehead atoms. The van der Waals surface area contributed by atoms with Crippen LogP contribution >= 0.6 is 11.8 Å². The smallest absolute Gasteiger partial charge is 0.358 e. The molecule has 10 nitrogen and oxygen atoms in total. The van der Waals surface area contributed by atoms with Crippen molar-refractivity contribution < 1.29 is 33.1 Å². The zero-order chi connectivity index (χ0) is 20.5. The molecule has 0 saturated carbocycles. The molecule has 2 aliphatic heterocycles. The maximum atomic E-state index is 12.6. The Labute approximate surface area is 165 Å². The molecule has 2 aliphatic rings. The Bertz CT molecular complexity index is 800. The summed E-state index contributed by atoms with van der Waals surface area (Å²) in [6.07, 6.45) is 1.35. The number of hydrogen-bond donors (Lipinski definition) is 1. The van der Waals surface area contributed by atoms with Crippen LogP contribution in [0.15, 0.2) is 28.1 Å². The van der Waals surface area contributed by atoms with Crippen molar-refractivity contribution in [3.63, 3.8) is 0 Å². The highest BCUT2D eigenvalue weighted by atomic mass is 32.2. The van der Waals surface area contributed by atoms with Gasteiger partial charge in [-0.05, 0) is 25.9 Å². The van der Waals surface area contributed by atoms with E-state index in [9.17, 15) is 14.4 Å². The van der Waals surface area contributed by atoms with E-state index in [-0.39, 0.29) is 29.5 Å². The monoisotopic (exact) mass is 411 g/mol. The largest absolute Gasteiger partial charge is 0.471 e. The van der Waals surface area contributed by atoms with Gasteiger partial charge in [0.25, 0.3) is 5.88 Å². The van der Waals surface area contributed by atoms with Crippen LogP contribution in [0.3, 0.4) is 0 Å². The molecule has 152 valence electrons. The Morgan fingerprint density at radius 1 is 1.39 bits per heavy atom. The Morgan fingerprint density at radius 3 is 2.79 bits per heavy atom. The van der Waals surface area contributed by atoms with Crippen molar-refractivity contribution in [2.24, 2.45) is 11.1 Å². The minimum absolute atomic E-state index is 0.0114. The molecule has 1 amide bonds. The standard InChI is InChI=1S/C17H21N3O7S/c1-17(2,3)16(23)26-8-25-15(22)12-9(6-24-10-4-5-27-19-10)7-28-14-11(18)13(21)20(12)14/h4-5,11,14H,6-8,18H2,1-3H3/t11?,14-/m1/s1. The maximum Gasteiger partial charge on any atom is 0.358 e. The van der Waals surface area contributed by atoms with Crippen molar-refractivity contribution in [1.82, 2.24) is 10.1 Å². The highest BCUT2D eigenvalue weighted by Gasteiger charge is 2.52. The van der Waals surface area contributed by atoms with E-state index in [0.29, 0.717) is 11.3 Å². The first kappa shape index (κ1) is 20.2. The SMILES string of the molecule is CC(C)(C)C(=O)OCOC(=O)C1=C(COc2ccon2)CS[C@@H]2C(N)C(=O)N12. The number of β-lactam (4-membered cyclic amide) rings is 1. The molecule has 3 rings (SSSR count). The van der Waals surface area contributed by atoms with Crippen LogP contribution in [0.2, 0.25) is 0 Å². The van der Waals surface area contributed by atoms with Gasteiger partial charge < -0.3 is 24.5 Å². The van der Waals surface area contributed by atoms with Crippen LogP contribution in [0.25, 0.3) is 0 Å². The van der Waals surface area contributed by atoms with Crippen LogP contribution in [0.5, 0.6) is 5.88 Å². The minimum atomic E-state index is -0.786. The number of carbonyl (C=O) groups is 3. The first-order valence-corrected chi connectivity index (χ1v) is 9.55. The Kier molecular flexibility index (Phi) is 5.66. The predicted molar refractivity (Wildman–Crippen MR) is 96.6 cm³/mol. The average molecular weight is 411 g/mol. The topological polar surface area (TPSA) is 134 Å². The molecule has 1 aromatic rings. The van der Waals surface area contributed by atoms with Crippen LogP contribution in [0, 0.1) is 5.41 Å². The van der Waals surface area contributed by atoms with Gasteiger partial charge in [-0.25, -0.2) is 4.79 Å². The summed E-state index contributed by atoms with van der Waals surface area (Å²) in [5.41, 5.74) is 5.69. The lowest BCUT2D eigenvalue weighted by Crippen LogP contribution is -2.68. The molecule has 28 heavy (non-hydrogen) atoms. The number of amides is 1. The number of ether oxygens (including phenoxy) is 3. The molecule has 3 heterocycles. The van der Waals surface area contributed by atoms with Gasteiger partial charge >= 0.3 is 11.9 Å². The van der Waals surface area contributed by atoms with Crippen LogP contribution < -0.4 is 10.5 Å². The minimum Gasteiger partial charge on any atom is -0.471 e. The van der Waals surface area contributed by atoms with Crippen molar-refractivity contribution in [3.8, 4) is 5.88 Å². The van der Waals surface area contributed by atoms with Crippen molar-refractivity contribution in [2.75, 3.05) is 19.2 Å². The summed E-state index contributed by atoms with van der Waals surface area (Å²) in [4.78, 5) is 37.9. The lowest BCUT2D eigenvalue weighted by Gasteiger charge is -2.48. The molecule has 2 N–H and O–H groups in total. The summed E-state index contributed by atoms with van der Waals surface area (Å²) in [6, 6.07) is 0.845. The van der Waals surface area contributed by atoms with Gasteiger partial charge in [0.1, 0.15) is 30.0 Å². The average Bonchev–Trinajstić information content (AvgIpc) is 3.17. The molecule has 1 fully saturated rings. The zero-order valence-corrected chi connectivity index (χ0v) is 16.5. The molecule has 0 aromatic carbocycles. The van der Waals surface area contributed by atoms with E-state index in [1.54, 1.807) is 20.8 Å². The summed E-state index contributed by atoms with van der Waals surface area (Å²) < 4.78 is 20.2. The third-order valence-electron chi connectivity index (χ3n) is 4.08. The second-order valence-corrected chi connectivity index (χ2v) is 8.35. The number of nitrogens with zero attached hydrogens (tertiary/aromatic N) is 2. The maximum absolute atomic E-state index is 12.6. The molecule has 1 saturated heterocycles. The van der Waals surface area contributed by atoms with Gasteiger partial charge in [0.2, 0.25) is 12.7 Å². The second kappa shape index (κ2) is 7.84. The van der Waals surface area contributed by atoms with E-state index in [2.05, 4.69) is 5.16 Å². The van der Waals surface area contributed by atoms with Gasteiger partial charge in [-0.15, -0.1) is 11.8 Å². The number of aromatic nitrogens is 1. The summed E-state index contributed by atoms with van der Waals surface area (Å²) in [5, 5.41) is 3.29. The summed E-state index contributed by atoms with van der Waals surface area (Å²) in [6.45, 7) is 4.51. The van der Waals surface area contributed by atoms with Crippen molar-refractivity contribution in [2.45, 2.75) is 32.2 Å². The Morgan fingerprint density at radius 2 is 2.14 bits per heavy atom. The lowest BCUT2D eigenvalue weighted by atomic mass is 9.98. The van der Waals surface area contributed by atoms with Crippen molar-refractivity contribution >= 4 is 29.6 Å². The molecule has 1 aromatic heterocycles. The number of nitrogens with two attached hydrogens (primary N) is 1. The van der Waals surface area contributed by atoms with E-state index in [1.165, 1.54) is 29.0 Å². The van der Waals surface area contributed by atoms with Crippen LogP contribution in [0.1, 0.15) is 20.8 Å². The molecular formula is C17H21N3O7S. The summed E-state index contributed by atoms with van der Waals surface area (Å²) in [7, 11) is 0. The number of thioether (sulfide) groups is 1. The van der Waals surface area contributed by atoms with Gasteiger partial charge in [-0.2, -0.15) is 0 Å². The quantitative estimate of drug-likeness (QED) is 0.404. The third kappa shape index (κ3) is 3.99. The van der Waals surface area contributed by atoms with Gasteiger partial charge in [0.05, 0.1) is 5.41 Å². The van der Waals surface area contributed by atoms with Gasteiger partial charge in [-0.3, -0.25) is 14.5 Å². The van der Waals surface area contributed by atoms with Crippen molar-refractivity contribution in [3.05, 3.63) is 23.6 Å². The highest BCUT2D eigenvalue weighted by Crippen LogP contribution is 2.39. The van der Waals surface area contributed by atoms with E-state index in [4.69, 9.17) is 24.5 Å². The van der Waals surface area contributed by atoms with Crippen LogP contribution in [-0.2, 0) is 23.9 Å². The van der Waals surface area contributed by atoms with E-state index in [0.717, 1.165) is 0 Å². The van der Waals surface area contributed by atoms with Crippen LogP contribution in [0.4, 0.5) is 0 Å². The number of esters is 2. The highest BCUT2D eigenvalue weighted by molar-refractivity contribution is 8.00. The fraction of sp³-hybridized carbons (Fsp3) is 0.529. The lowest BCUT2D eigenvalue weighted by molar-refractivity contribution is -0.173. The molecule has 1 unspecified atom stereocenters. The second-order valence-electron chi connectivity index (χ2n) is 7.25. The first-order chi connectivity index (χ1) is 13.2. The van der Waals surface area contributed by atoms with E-state index in [1.807, 2.05) is 0 Å². The molecule has 11 heteroatoms. The summed E-state index contributed by atoms with van der Waals surface area (Å²) >= 11 is 1.43. The molecular weight excluding hydrogens is 390 g/mol. The van der Waals surface area contributed by atoms with Crippen LogP contribution in [-0.4, -0.2) is 58.5 Å². The van der Waals surface area contributed by atoms with Gasteiger partial charge in [-0.1, -0.05) is 0 Å². The van der Waals surface area contributed by atoms with Gasteiger partial charge in [0, 0.05) is 17.4 Å². The summed E-state index contributed by atoms with van der Waals surface area (Å²) in [5.74, 6) is -1.01. The molecule has 0 aliphatic carbocycles. The molecule has 0 spiro atoms. The zero-order valence-electron chi connectivity index (χ0n) is 15.7. The fourth-order valence-electron chi connectivity index (χ4n) is 2.54. The fourth-order valence-corrected chi connectivity index (χ4v) is 3.81. The van der Waals surface area contributed by atoms with E-state index < -0.39 is 30.2 Å². The molecule has 2 atom stereocenters. The third-order valence-corrected chi connectivity index (χ3v) is 5.44. The van der Waals surface area contributed by atoms with Gasteiger partial charge in [0.15, 0.2) is 0 Å². The number of hydrogen-bond acceptors (Lipinski definition) is 10. The number of carbonyl (C=O) groups excluding carboxylic acids is 3. The number of fused-ring (bicyclic) bond motifs is 1.